The first-order valence-corrected chi connectivity index (χ1v) is 10.9. The lowest BCUT2D eigenvalue weighted by Gasteiger charge is -2.29. The molecule has 0 spiro atoms. The summed E-state index contributed by atoms with van der Waals surface area (Å²) in [6, 6.07) is 18.2. The van der Waals surface area contributed by atoms with E-state index in [2.05, 4.69) is 32.6 Å². The van der Waals surface area contributed by atoms with Crippen molar-refractivity contribution in [3.63, 3.8) is 0 Å². The number of nitrogens with zero attached hydrogens (tertiary/aromatic N) is 2. The summed E-state index contributed by atoms with van der Waals surface area (Å²) >= 11 is 4.38. The Balaban J connectivity index is 1.87. The number of allylic oxidation sites excluding steroid dienone is 1. The van der Waals surface area contributed by atoms with Gasteiger partial charge in [-0.25, -0.2) is 0 Å². The van der Waals surface area contributed by atoms with E-state index in [1.165, 1.54) is 7.11 Å². The van der Waals surface area contributed by atoms with Gasteiger partial charge in [-0.15, -0.1) is 0 Å². The van der Waals surface area contributed by atoms with E-state index in [0.717, 1.165) is 16.2 Å². The molecular weight excluding hydrogens is 480 g/mol. The smallest absolute Gasteiger partial charge is 0.243 e. The molecule has 0 fully saturated rings. The minimum atomic E-state index is -1.09. The summed E-state index contributed by atoms with van der Waals surface area (Å²) in [5.41, 5.74) is 1.42. The van der Waals surface area contributed by atoms with Crippen LogP contribution in [0.5, 0.6) is 5.75 Å². The Labute approximate surface area is 192 Å². The molecule has 0 unspecified atom stereocenters. The number of para-hydroxylation sites is 1. The second-order valence-electron chi connectivity index (χ2n) is 6.51. The number of methoxy groups -OCH3 is 1. The zero-order chi connectivity index (χ0) is 22.4. The number of thioether (sulfide) groups is 1. The average molecular weight is 497 g/mol. The molecule has 2 N–H and O–H groups in total. The summed E-state index contributed by atoms with van der Waals surface area (Å²) in [6.45, 7) is 0. The maximum absolute atomic E-state index is 12.6. The first-order valence-electron chi connectivity index (χ1n) is 9.14. The van der Waals surface area contributed by atoms with E-state index in [-0.39, 0.29) is 22.3 Å². The highest BCUT2D eigenvalue weighted by Gasteiger charge is 2.40. The Morgan fingerprint density at radius 3 is 2.58 bits per heavy atom. The molecule has 0 bridgehead atoms. The number of carbonyl (C=O) groups is 2. The largest absolute Gasteiger partial charge is 0.496 e. The molecule has 2 aromatic carbocycles. The minimum Gasteiger partial charge on any atom is -0.496 e. The number of halogens is 1. The van der Waals surface area contributed by atoms with Crippen LogP contribution in [0, 0.1) is 28.6 Å². The van der Waals surface area contributed by atoms with E-state index in [4.69, 9.17) is 4.74 Å². The third-order valence-electron chi connectivity index (χ3n) is 4.62. The first kappa shape index (κ1) is 22.4. The molecule has 0 saturated heterocycles. The monoisotopic (exact) mass is 496 g/mol. The van der Waals surface area contributed by atoms with E-state index in [9.17, 15) is 20.1 Å². The SMILES string of the molecule is COc1ccccc1[C@@H]1C(C#N)=C(SCC(=O)Nc2ccc(Br)cc2)NC(=O)[C@H]1C#N. The quantitative estimate of drug-likeness (QED) is 0.625. The van der Waals surface area contributed by atoms with Gasteiger partial charge in [-0.2, -0.15) is 10.5 Å². The van der Waals surface area contributed by atoms with E-state index in [1.54, 1.807) is 48.5 Å². The van der Waals surface area contributed by atoms with E-state index < -0.39 is 17.7 Å². The molecule has 1 aliphatic heterocycles. The standard InChI is InChI=1S/C22H17BrN4O3S/c1-30-18-5-3-2-4-15(18)20-16(10-24)21(29)27-22(17(20)11-25)31-12-19(28)26-14-8-6-13(23)7-9-14/h2-9,16,20H,12H2,1H3,(H,26,28)(H,27,29)/t16-,20-/m0/s1. The fourth-order valence-corrected chi connectivity index (χ4v) is 4.32. The van der Waals surface area contributed by atoms with Gasteiger partial charge >= 0.3 is 0 Å². The summed E-state index contributed by atoms with van der Waals surface area (Å²) in [5.74, 6) is -2.24. The predicted octanol–water partition coefficient (Wildman–Crippen LogP) is 3.92. The Kier molecular flexibility index (Phi) is 7.35. The lowest BCUT2D eigenvalue weighted by Crippen LogP contribution is -2.39. The van der Waals surface area contributed by atoms with Crippen molar-refractivity contribution in [3.8, 4) is 17.9 Å². The molecule has 0 aromatic heterocycles. The van der Waals surface area contributed by atoms with Crippen molar-refractivity contribution in [2.75, 3.05) is 18.2 Å². The number of anilines is 1. The number of hydrogen-bond donors (Lipinski definition) is 2. The van der Waals surface area contributed by atoms with Gasteiger partial charge in [0.05, 0.1) is 41.5 Å². The normalized spacial score (nSPS) is 17.9. The molecule has 3 rings (SSSR count). The molecule has 2 atom stereocenters. The summed E-state index contributed by atoms with van der Waals surface area (Å²) in [5, 5.41) is 25.1. The van der Waals surface area contributed by atoms with Crippen LogP contribution in [0.1, 0.15) is 11.5 Å². The second kappa shape index (κ2) is 10.2. The number of ether oxygens (including phenoxy) is 1. The summed E-state index contributed by atoms with van der Waals surface area (Å²) in [4.78, 5) is 25.0. The Bertz CT molecular complexity index is 1120. The van der Waals surface area contributed by atoms with Crippen LogP contribution in [-0.4, -0.2) is 24.7 Å². The maximum Gasteiger partial charge on any atom is 0.243 e. The number of nitriles is 2. The second-order valence-corrected chi connectivity index (χ2v) is 8.42. The highest BCUT2D eigenvalue weighted by atomic mass is 79.9. The van der Waals surface area contributed by atoms with Crippen molar-refractivity contribution in [1.82, 2.24) is 5.32 Å². The maximum atomic E-state index is 12.6. The number of hydrogen-bond acceptors (Lipinski definition) is 6. The van der Waals surface area contributed by atoms with Gasteiger partial charge in [0.15, 0.2) is 0 Å². The van der Waals surface area contributed by atoms with Crippen LogP contribution in [-0.2, 0) is 9.59 Å². The Hall–Kier alpha value is -3.27. The van der Waals surface area contributed by atoms with Crippen LogP contribution in [0.3, 0.4) is 0 Å². The number of benzene rings is 2. The fraction of sp³-hybridized carbons (Fsp3) is 0.182. The van der Waals surface area contributed by atoms with Crippen molar-refractivity contribution >= 4 is 45.2 Å². The van der Waals surface area contributed by atoms with Crippen molar-refractivity contribution in [2.45, 2.75) is 5.92 Å². The van der Waals surface area contributed by atoms with E-state index >= 15 is 0 Å². The third-order valence-corrected chi connectivity index (χ3v) is 6.16. The zero-order valence-corrected chi connectivity index (χ0v) is 18.8. The molecule has 2 amide bonds. The van der Waals surface area contributed by atoms with Gasteiger partial charge in [-0.3, -0.25) is 9.59 Å². The lowest BCUT2D eigenvalue weighted by atomic mass is 9.79. The molecule has 0 aliphatic carbocycles. The molecule has 156 valence electrons. The van der Waals surface area contributed by atoms with E-state index in [0.29, 0.717) is 17.0 Å². The van der Waals surface area contributed by atoms with Gasteiger partial charge in [0.2, 0.25) is 11.8 Å². The molecule has 1 aliphatic rings. The Morgan fingerprint density at radius 2 is 1.94 bits per heavy atom. The van der Waals surface area contributed by atoms with Gasteiger partial charge in [-0.1, -0.05) is 45.9 Å². The van der Waals surface area contributed by atoms with Crippen molar-refractivity contribution < 1.29 is 14.3 Å². The van der Waals surface area contributed by atoms with Crippen LogP contribution in [0.15, 0.2) is 63.6 Å². The molecule has 1 heterocycles. The zero-order valence-electron chi connectivity index (χ0n) is 16.4. The molecule has 31 heavy (non-hydrogen) atoms. The van der Waals surface area contributed by atoms with Gasteiger partial charge in [0, 0.05) is 15.7 Å². The molecule has 0 radical (unpaired) electrons. The lowest BCUT2D eigenvalue weighted by molar-refractivity contribution is -0.123. The number of amides is 2. The van der Waals surface area contributed by atoms with Crippen LogP contribution >= 0.6 is 27.7 Å². The molecule has 9 heteroatoms. The highest BCUT2D eigenvalue weighted by Crippen LogP contribution is 2.42. The topological polar surface area (TPSA) is 115 Å². The first-order chi connectivity index (χ1) is 15.0. The van der Waals surface area contributed by atoms with Crippen molar-refractivity contribution in [2.24, 2.45) is 5.92 Å². The molecule has 7 nitrogen and oxygen atoms in total. The van der Waals surface area contributed by atoms with Crippen molar-refractivity contribution in [1.29, 1.82) is 10.5 Å². The summed E-state index contributed by atoms with van der Waals surface area (Å²) in [7, 11) is 1.49. The van der Waals surface area contributed by atoms with Crippen LogP contribution in [0.4, 0.5) is 5.69 Å². The van der Waals surface area contributed by atoms with Gasteiger partial charge in [0.25, 0.3) is 0 Å². The summed E-state index contributed by atoms with van der Waals surface area (Å²) in [6.07, 6.45) is 0. The average Bonchev–Trinajstić information content (AvgIpc) is 2.78. The van der Waals surface area contributed by atoms with Crippen LogP contribution < -0.4 is 15.4 Å². The predicted molar refractivity (Wildman–Crippen MR) is 121 cm³/mol. The third kappa shape index (κ3) is 5.08. The molecular formula is C22H17BrN4O3S. The Morgan fingerprint density at radius 1 is 1.23 bits per heavy atom. The van der Waals surface area contributed by atoms with Crippen LogP contribution in [0.2, 0.25) is 0 Å². The number of nitrogens with one attached hydrogen (secondary N) is 2. The summed E-state index contributed by atoms with van der Waals surface area (Å²) < 4.78 is 6.27. The van der Waals surface area contributed by atoms with Gasteiger partial charge < -0.3 is 15.4 Å². The number of carbonyl (C=O) groups excluding carboxylic acids is 2. The molecule has 0 saturated carbocycles. The minimum absolute atomic E-state index is 0.0211. The van der Waals surface area contributed by atoms with Crippen LogP contribution in [0.25, 0.3) is 0 Å². The molecule has 2 aromatic rings. The van der Waals surface area contributed by atoms with E-state index in [1.807, 2.05) is 6.07 Å². The number of rotatable bonds is 6. The van der Waals surface area contributed by atoms with Crippen molar-refractivity contribution in [3.05, 3.63) is 69.2 Å². The highest BCUT2D eigenvalue weighted by molar-refractivity contribution is 9.10. The fourth-order valence-electron chi connectivity index (χ4n) is 3.21. The van der Waals surface area contributed by atoms with Gasteiger partial charge in [-0.05, 0) is 30.3 Å². The van der Waals surface area contributed by atoms with Gasteiger partial charge in [0.1, 0.15) is 11.7 Å².